The number of hydrogen-bond donors (Lipinski definition) is 1. The van der Waals surface area contributed by atoms with Crippen molar-refractivity contribution in [2.75, 3.05) is 26.2 Å². The third-order valence-corrected chi connectivity index (χ3v) is 4.36. The lowest BCUT2D eigenvalue weighted by Gasteiger charge is -2.33. The predicted octanol–water partition coefficient (Wildman–Crippen LogP) is 1.74. The van der Waals surface area contributed by atoms with Gasteiger partial charge >= 0.3 is 0 Å². The molecular formula is C17H20N6O. The van der Waals surface area contributed by atoms with Crippen molar-refractivity contribution in [3.63, 3.8) is 0 Å². The van der Waals surface area contributed by atoms with Gasteiger partial charge < -0.3 is 9.30 Å². The van der Waals surface area contributed by atoms with Gasteiger partial charge in [-0.25, -0.2) is 9.97 Å². The molecule has 124 valence electrons. The molecule has 1 unspecified atom stereocenters. The molecule has 1 N–H and O–H groups in total. The van der Waals surface area contributed by atoms with Crippen LogP contribution in [0.1, 0.15) is 11.7 Å². The SMILES string of the molecule is c1cn(CCN2CCOC(c3ccc(-c4ncn[nH]4)cc3)C2)cn1. The largest absolute Gasteiger partial charge is 0.371 e. The average molecular weight is 324 g/mol. The highest BCUT2D eigenvalue weighted by Crippen LogP contribution is 2.24. The Labute approximate surface area is 140 Å². The van der Waals surface area contributed by atoms with Crippen LogP contribution < -0.4 is 0 Å². The van der Waals surface area contributed by atoms with E-state index >= 15 is 0 Å². The summed E-state index contributed by atoms with van der Waals surface area (Å²) in [6.45, 7) is 4.61. The Morgan fingerprint density at radius 1 is 1.21 bits per heavy atom. The number of benzene rings is 1. The van der Waals surface area contributed by atoms with Gasteiger partial charge in [-0.05, 0) is 5.56 Å². The molecule has 1 aliphatic rings. The fourth-order valence-electron chi connectivity index (χ4n) is 2.98. The van der Waals surface area contributed by atoms with E-state index in [0.29, 0.717) is 0 Å². The zero-order valence-electron chi connectivity index (χ0n) is 13.4. The Hall–Kier alpha value is -2.51. The van der Waals surface area contributed by atoms with Crippen LogP contribution in [0.3, 0.4) is 0 Å². The number of H-pyrrole nitrogens is 1. The second-order valence-corrected chi connectivity index (χ2v) is 5.92. The van der Waals surface area contributed by atoms with Crippen LogP contribution in [0.5, 0.6) is 0 Å². The van der Waals surface area contributed by atoms with Gasteiger partial charge in [0.2, 0.25) is 0 Å². The minimum absolute atomic E-state index is 0.116. The van der Waals surface area contributed by atoms with E-state index in [9.17, 15) is 0 Å². The Kier molecular flexibility index (Phi) is 4.35. The highest BCUT2D eigenvalue weighted by molar-refractivity contribution is 5.54. The molecule has 1 aliphatic heterocycles. The van der Waals surface area contributed by atoms with E-state index in [4.69, 9.17) is 4.74 Å². The van der Waals surface area contributed by atoms with Gasteiger partial charge in [0.1, 0.15) is 6.33 Å². The number of aromatic nitrogens is 5. The average Bonchev–Trinajstić information content (AvgIpc) is 3.34. The van der Waals surface area contributed by atoms with Crippen LogP contribution >= 0.6 is 0 Å². The van der Waals surface area contributed by atoms with Gasteiger partial charge in [-0.3, -0.25) is 10.00 Å². The first-order valence-electron chi connectivity index (χ1n) is 8.14. The molecule has 0 saturated carbocycles. The van der Waals surface area contributed by atoms with Gasteiger partial charge in [0.05, 0.1) is 19.0 Å². The number of nitrogens with zero attached hydrogens (tertiary/aromatic N) is 5. The monoisotopic (exact) mass is 324 g/mol. The lowest BCUT2D eigenvalue weighted by Crippen LogP contribution is -2.39. The topological polar surface area (TPSA) is 71.9 Å². The van der Waals surface area contributed by atoms with Crippen LogP contribution in [0.2, 0.25) is 0 Å². The van der Waals surface area contributed by atoms with Crippen molar-refractivity contribution in [1.82, 2.24) is 29.6 Å². The van der Waals surface area contributed by atoms with Crippen molar-refractivity contribution < 1.29 is 4.74 Å². The van der Waals surface area contributed by atoms with Gasteiger partial charge in [0.15, 0.2) is 5.82 Å². The van der Waals surface area contributed by atoms with Crippen molar-refractivity contribution in [3.8, 4) is 11.4 Å². The number of nitrogens with one attached hydrogen (secondary N) is 1. The van der Waals surface area contributed by atoms with E-state index in [1.54, 1.807) is 0 Å². The Balaban J connectivity index is 1.38. The van der Waals surface area contributed by atoms with Crippen molar-refractivity contribution in [3.05, 3.63) is 54.9 Å². The van der Waals surface area contributed by atoms with E-state index in [2.05, 4.69) is 53.9 Å². The maximum Gasteiger partial charge on any atom is 0.155 e. The summed E-state index contributed by atoms with van der Waals surface area (Å²) < 4.78 is 8.07. The lowest BCUT2D eigenvalue weighted by molar-refractivity contribution is -0.0308. The molecule has 0 spiro atoms. The van der Waals surface area contributed by atoms with Crippen LogP contribution in [0, 0.1) is 0 Å². The van der Waals surface area contributed by atoms with E-state index in [1.807, 2.05) is 18.7 Å². The lowest BCUT2D eigenvalue weighted by atomic mass is 10.1. The summed E-state index contributed by atoms with van der Waals surface area (Å²) in [5.41, 5.74) is 2.23. The molecule has 3 aromatic rings. The summed E-state index contributed by atoms with van der Waals surface area (Å²) in [5.74, 6) is 0.785. The zero-order valence-corrected chi connectivity index (χ0v) is 13.4. The number of imidazole rings is 1. The van der Waals surface area contributed by atoms with E-state index in [-0.39, 0.29) is 6.10 Å². The fourth-order valence-corrected chi connectivity index (χ4v) is 2.98. The third kappa shape index (κ3) is 3.37. The van der Waals surface area contributed by atoms with Gasteiger partial charge in [-0.2, -0.15) is 5.10 Å². The maximum atomic E-state index is 5.97. The van der Waals surface area contributed by atoms with Crippen LogP contribution in [0.4, 0.5) is 0 Å². The summed E-state index contributed by atoms with van der Waals surface area (Å²) in [7, 11) is 0. The normalized spacial score (nSPS) is 18.8. The zero-order chi connectivity index (χ0) is 16.2. The smallest absolute Gasteiger partial charge is 0.155 e. The fraction of sp³-hybridized carbons (Fsp3) is 0.353. The summed E-state index contributed by atoms with van der Waals surface area (Å²) in [5, 5.41) is 6.77. The number of hydrogen-bond acceptors (Lipinski definition) is 5. The molecule has 3 heterocycles. The molecule has 1 atom stereocenters. The van der Waals surface area contributed by atoms with E-state index in [1.165, 1.54) is 11.9 Å². The second kappa shape index (κ2) is 6.94. The third-order valence-electron chi connectivity index (χ3n) is 4.36. The van der Waals surface area contributed by atoms with Crippen LogP contribution in [0.15, 0.2) is 49.3 Å². The first kappa shape index (κ1) is 15.0. The molecule has 1 aromatic carbocycles. The molecule has 0 amide bonds. The molecule has 4 rings (SSSR count). The number of morpholine rings is 1. The molecule has 0 bridgehead atoms. The Morgan fingerprint density at radius 3 is 2.88 bits per heavy atom. The predicted molar refractivity (Wildman–Crippen MR) is 89.2 cm³/mol. The molecular weight excluding hydrogens is 304 g/mol. The first-order valence-corrected chi connectivity index (χ1v) is 8.14. The molecule has 24 heavy (non-hydrogen) atoms. The molecule has 0 radical (unpaired) electrons. The molecule has 7 heteroatoms. The standard InChI is InChI=1S/C17H20N6O/c1-3-15(17-19-12-20-21-17)4-2-14(1)16-11-22(9-10-24-16)7-8-23-6-5-18-13-23/h1-6,12-13,16H,7-11H2,(H,19,20,21). The number of ether oxygens (including phenoxy) is 1. The molecule has 2 aromatic heterocycles. The number of rotatable bonds is 5. The molecule has 1 saturated heterocycles. The van der Waals surface area contributed by atoms with Crippen LogP contribution in [0.25, 0.3) is 11.4 Å². The van der Waals surface area contributed by atoms with Crippen molar-refractivity contribution >= 4 is 0 Å². The van der Waals surface area contributed by atoms with Crippen molar-refractivity contribution in [1.29, 1.82) is 0 Å². The highest BCUT2D eigenvalue weighted by Gasteiger charge is 2.21. The second-order valence-electron chi connectivity index (χ2n) is 5.92. The van der Waals surface area contributed by atoms with E-state index in [0.717, 1.165) is 44.2 Å². The van der Waals surface area contributed by atoms with Gasteiger partial charge in [-0.1, -0.05) is 24.3 Å². The van der Waals surface area contributed by atoms with Crippen molar-refractivity contribution in [2.24, 2.45) is 0 Å². The van der Waals surface area contributed by atoms with Crippen molar-refractivity contribution in [2.45, 2.75) is 12.6 Å². The summed E-state index contributed by atoms with van der Waals surface area (Å²) in [6, 6.07) is 8.34. The molecule has 7 nitrogen and oxygen atoms in total. The Bertz CT molecular complexity index is 738. The first-order chi connectivity index (χ1) is 11.9. The minimum atomic E-state index is 0.116. The maximum absolute atomic E-state index is 5.97. The molecule has 1 fully saturated rings. The van der Waals surface area contributed by atoms with Crippen LogP contribution in [-0.4, -0.2) is 55.9 Å². The van der Waals surface area contributed by atoms with E-state index < -0.39 is 0 Å². The molecule has 0 aliphatic carbocycles. The quantitative estimate of drug-likeness (QED) is 0.774. The minimum Gasteiger partial charge on any atom is -0.371 e. The van der Waals surface area contributed by atoms with Crippen LogP contribution in [-0.2, 0) is 11.3 Å². The summed E-state index contributed by atoms with van der Waals surface area (Å²) in [6.07, 6.45) is 7.31. The van der Waals surface area contributed by atoms with Gasteiger partial charge in [-0.15, -0.1) is 0 Å². The Morgan fingerprint density at radius 2 is 2.12 bits per heavy atom. The summed E-state index contributed by atoms with van der Waals surface area (Å²) >= 11 is 0. The van der Waals surface area contributed by atoms with Gasteiger partial charge in [0, 0.05) is 44.1 Å². The summed E-state index contributed by atoms with van der Waals surface area (Å²) in [4.78, 5) is 10.7. The van der Waals surface area contributed by atoms with Gasteiger partial charge in [0.25, 0.3) is 0 Å². The highest BCUT2D eigenvalue weighted by atomic mass is 16.5. The number of aromatic amines is 1.